The van der Waals surface area contributed by atoms with Gasteiger partial charge < -0.3 is 9.80 Å². The second kappa shape index (κ2) is 8.03. The van der Waals surface area contributed by atoms with Gasteiger partial charge in [0.2, 0.25) is 0 Å². The number of hydrogen-bond donors (Lipinski definition) is 0. The van der Waals surface area contributed by atoms with E-state index in [9.17, 15) is 4.79 Å². The molecule has 0 atom stereocenters. The van der Waals surface area contributed by atoms with Gasteiger partial charge in [-0.25, -0.2) is 9.97 Å². The quantitative estimate of drug-likeness (QED) is 0.682. The summed E-state index contributed by atoms with van der Waals surface area (Å²) in [6.07, 6.45) is 1.63. The molecule has 5 nitrogen and oxygen atoms in total. The molecule has 29 heavy (non-hydrogen) atoms. The number of benzene rings is 2. The van der Waals surface area contributed by atoms with E-state index >= 15 is 0 Å². The molecule has 0 N–H and O–H groups in total. The number of nitrogens with zero attached hydrogens (tertiary/aromatic N) is 4. The lowest BCUT2D eigenvalue weighted by molar-refractivity contribution is 0.0745. The van der Waals surface area contributed by atoms with Crippen molar-refractivity contribution in [2.45, 2.75) is 20.8 Å². The molecule has 1 amide bonds. The zero-order chi connectivity index (χ0) is 20.4. The molecule has 3 aromatic rings. The van der Waals surface area contributed by atoms with Crippen molar-refractivity contribution in [1.29, 1.82) is 0 Å². The highest BCUT2D eigenvalue weighted by Gasteiger charge is 2.24. The SMILES string of the molecule is Cc1ccc(C)c(C(=O)N2CCN(c3cc(-c4ccccc4C)ncn3)CC2)c1. The Labute approximate surface area is 172 Å². The molecule has 1 fully saturated rings. The predicted octanol–water partition coefficient (Wildman–Crippen LogP) is 4.03. The van der Waals surface area contributed by atoms with Crippen molar-refractivity contribution < 1.29 is 4.79 Å². The minimum atomic E-state index is 0.120. The van der Waals surface area contributed by atoms with Crippen molar-refractivity contribution in [3.63, 3.8) is 0 Å². The van der Waals surface area contributed by atoms with E-state index in [2.05, 4.69) is 33.9 Å². The Morgan fingerprint density at radius 1 is 0.862 bits per heavy atom. The number of piperazine rings is 1. The fourth-order valence-corrected chi connectivity index (χ4v) is 3.80. The highest BCUT2D eigenvalue weighted by molar-refractivity contribution is 5.96. The van der Waals surface area contributed by atoms with Crippen LogP contribution in [0.2, 0.25) is 0 Å². The van der Waals surface area contributed by atoms with Crippen LogP contribution in [0, 0.1) is 20.8 Å². The second-order valence-electron chi connectivity index (χ2n) is 7.67. The molecule has 1 aliphatic rings. The summed E-state index contributed by atoms with van der Waals surface area (Å²) in [7, 11) is 0. The zero-order valence-electron chi connectivity index (χ0n) is 17.2. The largest absolute Gasteiger partial charge is 0.353 e. The maximum atomic E-state index is 13.0. The second-order valence-corrected chi connectivity index (χ2v) is 7.67. The molecule has 5 heteroatoms. The van der Waals surface area contributed by atoms with Gasteiger partial charge in [0.1, 0.15) is 12.1 Å². The van der Waals surface area contributed by atoms with Gasteiger partial charge in [-0.05, 0) is 38.0 Å². The first-order chi connectivity index (χ1) is 14.0. The maximum absolute atomic E-state index is 13.0. The number of aryl methyl sites for hydroxylation is 3. The minimum Gasteiger partial charge on any atom is -0.353 e. The van der Waals surface area contributed by atoms with E-state index in [1.54, 1.807) is 6.33 Å². The number of hydrogen-bond acceptors (Lipinski definition) is 4. The third kappa shape index (κ3) is 3.99. The van der Waals surface area contributed by atoms with E-state index < -0.39 is 0 Å². The number of amides is 1. The van der Waals surface area contributed by atoms with Crippen LogP contribution in [0.4, 0.5) is 5.82 Å². The number of carbonyl (C=O) groups excluding carboxylic acids is 1. The highest BCUT2D eigenvalue weighted by atomic mass is 16.2. The lowest BCUT2D eigenvalue weighted by Gasteiger charge is -2.35. The van der Waals surface area contributed by atoms with Crippen LogP contribution in [0.15, 0.2) is 54.9 Å². The standard InChI is InChI=1S/C24H26N4O/c1-17-8-9-19(3)21(14-17)24(29)28-12-10-27(11-13-28)23-15-22(25-16-26-23)20-7-5-4-6-18(20)2/h4-9,14-16H,10-13H2,1-3H3. The van der Waals surface area contributed by atoms with E-state index in [4.69, 9.17) is 0 Å². The summed E-state index contributed by atoms with van der Waals surface area (Å²) >= 11 is 0. The molecule has 1 aliphatic heterocycles. The van der Waals surface area contributed by atoms with Gasteiger partial charge in [0, 0.05) is 43.4 Å². The fraction of sp³-hybridized carbons (Fsp3) is 0.292. The third-order valence-corrected chi connectivity index (χ3v) is 5.59. The Morgan fingerprint density at radius 3 is 2.38 bits per heavy atom. The van der Waals surface area contributed by atoms with Gasteiger partial charge in [-0.2, -0.15) is 0 Å². The first-order valence-corrected chi connectivity index (χ1v) is 10.0. The molecule has 4 rings (SSSR count). The first kappa shape index (κ1) is 19.1. The van der Waals surface area contributed by atoms with Gasteiger partial charge in [0.15, 0.2) is 0 Å². The summed E-state index contributed by atoms with van der Waals surface area (Å²) in [4.78, 5) is 26.1. The summed E-state index contributed by atoms with van der Waals surface area (Å²) in [5, 5.41) is 0. The molecule has 0 aliphatic carbocycles. The first-order valence-electron chi connectivity index (χ1n) is 10.0. The number of anilines is 1. The number of aromatic nitrogens is 2. The summed E-state index contributed by atoms with van der Waals surface area (Å²) in [6.45, 7) is 9.02. The highest BCUT2D eigenvalue weighted by Crippen LogP contribution is 2.24. The molecule has 0 unspecified atom stereocenters. The van der Waals surface area contributed by atoms with Crippen molar-refractivity contribution in [3.05, 3.63) is 77.1 Å². The lowest BCUT2D eigenvalue weighted by atomic mass is 10.0. The van der Waals surface area contributed by atoms with E-state index in [1.165, 1.54) is 5.56 Å². The monoisotopic (exact) mass is 386 g/mol. The van der Waals surface area contributed by atoms with E-state index in [-0.39, 0.29) is 5.91 Å². The summed E-state index contributed by atoms with van der Waals surface area (Å²) < 4.78 is 0. The normalized spacial score (nSPS) is 14.2. The molecule has 2 heterocycles. The molecule has 1 aromatic heterocycles. The van der Waals surface area contributed by atoms with Crippen molar-refractivity contribution >= 4 is 11.7 Å². The van der Waals surface area contributed by atoms with Crippen molar-refractivity contribution in [2.24, 2.45) is 0 Å². The molecular formula is C24H26N4O. The Balaban J connectivity index is 1.48. The van der Waals surface area contributed by atoms with Crippen LogP contribution in [-0.4, -0.2) is 47.0 Å². The summed E-state index contributed by atoms with van der Waals surface area (Å²) in [5.41, 5.74) is 6.20. The smallest absolute Gasteiger partial charge is 0.254 e. The van der Waals surface area contributed by atoms with Crippen LogP contribution >= 0.6 is 0 Å². The Hall–Kier alpha value is -3.21. The molecule has 0 radical (unpaired) electrons. The zero-order valence-corrected chi connectivity index (χ0v) is 17.2. The Kier molecular flexibility index (Phi) is 5.30. The average Bonchev–Trinajstić information content (AvgIpc) is 2.75. The summed E-state index contributed by atoms with van der Waals surface area (Å²) in [5.74, 6) is 1.03. The Morgan fingerprint density at radius 2 is 1.62 bits per heavy atom. The molecule has 1 saturated heterocycles. The van der Waals surface area contributed by atoms with Gasteiger partial charge in [0.05, 0.1) is 5.69 Å². The topological polar surface area (TPSA) is 49.3 Å². The molecule has 0 saturated carbocycles. The van der Waals surface area contributed by atoms with E-state index in [0.29, 0.717) is 13.1 Å². The minimum absolute atomic E-state index is 0.120. The summed E-state index contributed by atoms with van der Waals surface area (Å²) in [6, 6.07) is 16.3. The van der Waals surface area contributed by atoms with Crippen LogP contribution in [0.3, 0.4) is 0 Å². The van der Waals surface area contributed by atoms with Crippen LogP contribution in [0.25, 0.3) is 11.3 Å². The predicted molar refractivity (Wildman–Crippen MR) is 116 cm³/mol. The van der Waals surface area contributed by atoms with Crippen LogP contribution < -0.4 is 4.90 Å². The Bertz CT molecular complexity index is 1040. The fourth-order valence-electron chi connectivity index (χ4n) is 3.80. The van der Waals surface area contributed by atoms with Gasteiger partial charge in [0.25, 0.3) is 5.91 Å². The number of rotatable bonds is 3. The number of carbonyl (C=O) groups is 1. The molecule has 0 bridgehead atoms. The maximum Gasteiger partial charge on any atom is 0.254 e. The third-order valence-electron chi connectivity index (χ3n) is 5.59. The van der Waals surface area contributed by atoms with E-state index in [1.807, 2.05) is 55.1 Å². The molecule has 2 aromatic carbocycles. The van der Waals surface area contributed by atoms with Gasteiger partial charge in [-0.3, -0.25) is 4.79 Å². The lowest BCUT2D eigenvalue weighted by Crippen LogP contribution is -2.49. The molecule has 0 spiro atoms. The van der Waals surface area contributed by atoms with E-state index in [0.717, 1.165) is 46.9 Å². The van der Waals surface area contributed by atoms with Crippen LogP contribution in [0.5, 0.6) is 0 Å². The van der Waals surface area contributed by atoms with Gasteiger partial charge >= 0.3 is 0 Å². The molecular weight excluding hydrogens is 360 g/mol. The van der Waals surface area contributed by atoms with Crippen molar-refractivity contribution in [1.82, 2.24) is 14.9 Å². The van der Waals surface area contributed by atoms with Gasteiger partial charge in [-0.1, -0.05) is 42.0 Å². The van der Waals surface area contributed by atoms with Gasteiger partial charge in [-0.15, -0.1) is 0 Å². The van der Waals surface area contributed by atoms with Crippen molar-refractivity contribution in [3.8, 4) is 11.3 Å². The average molecular weight is 386 g/mol. The van der Waals surface area contributed by atoms with Crippen LogP contribution in [0.1, 0.15) is 27.0 Å². The van der Waals surface area contributed by atoms with Crippen LogP contribution in [-0.2, 0) is 0 Å². The van der Waals surface area contributed by atoms with Crippen molar-refractivity contribution in [2.75, 3.05) is 31.1 Å². The molecule has 148 valence electrons.